The number of ether oxygens (including phenoxy) is 2. The van der Waals surface area contributed by atoms with E-state index in [2.05, 4.69) is 18.7 Å². The van der Waals surface area contributed by atoms with Gasteiger partial charge in [-0.1, -0.05) is 6.07 Å². The monoisotopic (exact) mass is 268 g/mol. The van der Waals surface area contributed by atoms with Crippen molar-refractivity contribution in [3.05, 3.63) is 34.4 Å². The minimum absolute atomic E-state index is 0.106. The van der Waals surface area contributed by atoms with Gasteiger partial charge in [0.1, 0.15) is 5.75 Å². The Labute approximate surface area is 113 Å². The van der Waals surface area contributed by atoms with Gasteiger partial charge in [0.2, 0.25) is 0 Å². The minimum atomic E-state index is -1.14. The third-order valence-electron chi connectivity index (χ3n) is 2.85. The molecular formula is C13H20N2O4. The molecule has 6 nitrogen and oxygen atoms in total. The molecule has 0 saturated carbocycles. The number of hydrogen-bond donors (Lipinski definition) is 0. The van der Waals surface area contributed by atoms with Crippen LogP contribution >= 0.6 is 0 Å². The zero-order valence-electron chi connectivity index (χ0n) is 11.5. The highest BCUT2D eigenvalue weighted by molar-refractivity contribution is 5.50. The Bertz CT molecular complexity index is 407. The average Bonchev–Trinajstić information content (AvgIpc) is 2.41. The number of hydrogen-bond acceptors (Lipinski definition) is 5. The Morgan fingerprint density at radius 1 is 1.37 bits per heavy atom. The van der Waals surface area contributed by atoms with Crippen LogP contribution in [0.5, 0.6) is 5.75 Å². The minimum Gasteiger partial charge on any atom is -0.483 e. The fourth-order valence-electron chi connectivity index (χ4n) is 1.74. The van der Waals surface area contributed by atoms with Crippen LogP contribution in [0.4, 0.5) is 5.69 Å². The summed E-state index contributed by atoms with van der Waals surface area (Å²) in [7, 11) is 1.29. The van der Waals surface area contributed by atoms with E-state index in [0.29, 0.717) is 5.75 Å². The van der Waals surface area contributed by atoms with Crippen LogP contribution in [0.2, 0.25) is 0 Å². The highest BCUT2D eigenvalue weighted by Crippen LogP contribution is 2.21. The summed E-state index contributed by atoms with van der Waals surface area (Å²) in [6, 6.07) is 7.51. The number of anilines is 1. The van der Waals surface area contributed by atoms with E-state index in [1.54, 1.807) is 6.07 Å². The molecule has 1 rings (SSSR count). The average molecular weight is 268 g/mol. The predicted molar refractivity (Wildman–Crippen MR) is 73.3 cm³/mol. The summed E-state index contributed by atoms with van der Waals surface area (Å²) in [6.45, 7) is 5.84. The van der Waals surface area contributed by atoms with Crippen molar-refractivity contribution in [3.8, 4) is 5.75 Å². The third kappa shape index (κ3) is 4.40. The van der Waals surface area contributed by atoms with Gasteiger partial charge in [-0.3, -0.25) is 10.1 Å². The van der Waals surface area contributed by atoms with Crippen LogP contribution in [-0.4, -0.2) is 38.0 Å². The maximum Gasteiger partial charge on any atom is 0.349 e. The highest BCUT2D eigenvalue weighted by Gasteiger charge is 2.19. The van der Waals surface area contributed by atoms with Gasteiger partial charge < -0.3 is 14.4 Å². The van der Waals surface area contributed by atoms with Crippen molar-refractivity contribution < 1.29 is 14.4 Å². The van der Waals surface area contributed by atoms with E-state index in [1.165, 1.54) is 7.11 Å². The van der Waals surface area contributed by atoms with Crippen LogP contribution in [-0.2, 0) is 4.74 Å². The molecule has 1 aromatic carbocycles. The molecule has 0 heterocycles. The molecule has 1 aromatic rings. The SMILES string of the molecule is CCN(CC)c1cccc(OCC(OC)[N+](=O)[O-])c1. The van der Waals surface area contributed by atoms with Crippen LogP contribution < -0.4 is 9.64 Å². The van der Waals surface area contributed by atoms with Crippen molar-refractivity contribution in [2.45, 2.75) is 20.1 Å². The molecule has 6 heteroatoms. The number of rotatable bonds is 8. The molecule has 106 valence electrons. The van der Waals surface area contributed by atoms with Gasteiger partial charge in [0, 0.05) is 32.0 Å². The molecule has 0 aromatic heterocycles. The third-order valence-corrected chi connectivity index (χ3v) is 2.85. The molecule has 1 unspecified atom stereocenters. The Morgan fingerprint density at radius 2 is 2.05 bits per heavy atom. The summed E-state index contributed by atoms with van der Waals surface area (Å²) in [5.74, 6) is 0.605. The van der Waals surface area contributed by atoms with Crippen LogP contribution in [0.25, 0.3) is 0 Å². The summed E-state index contributed by atoms with van der Waals surface area (Å²) in [5.41, 5.74) is 1.04. The second-order valence-electron chi connectivity index (χ2n) is 3.96. The van der Waals surface area contributed by atoms with E-state index in [1.807, 2.05) is 18.2 Å². The van der Waals surface area contributed by atoms with Crippen LogP contribution in [0.3, 0.4) is 0 Å². The molecular weight excluding hydrogens is 248 g/mol. The van der Waals surface area contributed by atoms with Gasteiger partial charge in [-0.2, -0.15) is 0 Å². The van der Waals surface area contributed by atoms with E-state index < -0.39 is 11.2 Å². The Kier molecular flexibility index (Phi) is 6.08. The molecule has 0 spiro atoms. The first-order valence-corrected chi connectivity index (χ1v) is 6.26. The summed E-state index contributed by atoms with van der Waals surface area (Å²) in [5, 5.41) is 10.6. The van der Waals surface area contributed by atoms with E-state index in [0.717, 1.165) is 18.8 Å². The first-order chi connectivity index (χ1) is 9.12. The summed E-state index contributed by atoms with van der Waals surface area (Å²) in [4.78, 5) is 12.3. The lowest BCUT2D eigenvalue weighted by molar-refractivity contribution is -0.575. The van der Waals surface area contributed by atoms with Crippen LogP contribution in [0.15, 0.2) is 24.3 Å². The van der Waals surface area contributed by atoms with Gasteiger partial charge in [-0.25, -0.2) is 0 Å². The molecule has 0 saturated heterocycles. The molecule has 0 aliphatic heterocycles. The van der Waals surface area contributed by atoms with Gasteiger partial charge in [0.25, 0.3) is 0 Å². The molecule has 0 aliphatic rings. The van der Waals surface area contributed by atoms with Crippen molar-refractivity contribution >= 4 is 5.69 Å². The van der Waals surface area contributed by atoms with Crippen molar-refractivity contribution in [2.24, 2.45) is 0 Å². The second kappa shape index (κ2) is 7.58. The largest absolute Gasteiger partial charge is 0.483 e. The van der Waals surface area contributed by atoms with Gasteiger partial charge in [-0.15, -0.1) is 0 Å². The van der Waals surface area contributed by atoms with E-state index >= 15 is 0 Å². The first-order valence-electron chi connectivity index (χ1n) is 6.26. The molecule has 0 aliphatic carbocycles. The molecule has 0 fully saturated rings. The lowest BCUT2D eigenvalue weighted by atomic mass is 10.2. The Morgan fingerprint density at radius 3 is 2.58 bits per heavy atom. The molecule has 0 radical (unpaired) electrons. The van der Waals surface area contributed by atoms with Crippen LogP contribution in [0.1, 0.15) is 13.8 Å². The maximum atomic E-state index is 10.6. The van der Waals surface area contributed by atoms with Crippen molar-refractivity contribution in [1.29, 1.82) is 0 Å². The van der Waals surface area contributed by atoms with Gasteiger partial charge >= 0.3 is 6.23 Å². The van der Waals surface area contributed by atoms with Gasteiger partial charge in [0.05, 0.1) is 4.92 Å². The molecule has 19 heavy (non-hydrogen) atoms. The van der Waals surface area contributed by atoms with E-state index in [9.17, 15) is 10.1 Å². The quantitative estimate of drug-likeness (QED) is 0.410. The predicted octanol–water partition coefficient (Wildman–Crippen LogP) is 2.16. The molecule has 0 amide bonds. The molecule has 0 N–H and O–H groups in total. The van der Waals surface area contributed by atoms with Crippen molar-refractivity contribution in [1.82, 2.24) is 0 Å². The smallest absolute Gasteiger partial charge is 0.349 e. The number of nitro groups is 1. The molecule has 1 atom stereocenters. The Hall–Kier alpha value is -1.82. The first kappa shape index (κ1) is 15.2. The second-order valence-corrected chi connectivity index (χ2v) is 3.96. The normalized spacial score (nSPS) is 11.9. The Balaban J connectivity index is 2.69. The number of methoxy groups -OCH3 is 1. The van der Waals surface area contributed by atoms with Crippen molar-refractivity contribution in [2.75, 3.05) is 31.7 Å². The highest BCUT2D eigenvalue weighted by atomic mass is 16.7. The summed E-state index contributed by atoms with van der Waals surface area (Å²) in [6.07, 6.45) is -1.14. The molecule has 0 bridgehead atoms. The van der Waals surface area contributed by atoms with E-state index in [-0.39, 0.29) is 6.61 Å². The zero-order chi connectivity index (χ0) is 14.3. The van der Waals surface area contributed by atoms with E-state index in [4.69, 9.17) is 9.47 Å². The summed E-state index contributed by atoms with van der Waals surface area (Å²) >= 11 is 0. The maximum absolute atomic E-state index is 10.6. The van der Waals surface area contributed by atoms with Gasteiger partial charge in [-0.05, 0) is 26.0 Å². The van der Waals surface area contributed by atoms with Crippen LogP contribution in [0, 0.1) is 10.1 Å². The topological polar surface area (TPSA) is 64.8 Å². The lowest BCUT2D eigenvalue weighted by Crippen LogP contribution is -2.28. The standard InChI is InChI=1S/C13H20N2O4/c1-4-14(5-2)11-7-6-8-12(9-11)19-10-13(18-3)15(16)17/h6-9,13H,4-5,10H2,1-3H3. The summed E-state index contributed by atoms with van der Waals surface area (Å²) < 4.78 is 10.1. The fraction of sp³-hybridized carbons (Fsp3) is 0.538. The number of benzene rings is 1. The van der Waals surface area contributed by atoms with Crippen molar-refractivity contribution in [3.63, 3.8) is 0 Å². The fourth-order valence-corrected chi connectivity index (χ4v) is 1.74. The van der Waals surface area contributed by atoms with Gasteiger partial charge in [0.15, 0.2) is 6.61 Å². The number of nitrogens with zero attached hydrogens (tertiary/aromatic N) is 2. The zero-order valence-corrected chi connectivity index (χ0v) is 11.5. The lowest BCUT2D eigenvalue weighted by Gasteiger charge is -2.21.